The first-order valence-electron chi connectivity index (χ1n) is 6.87. The molecule has 0 saturated carbocycles. The summed E-state index contributed by atoms with van der Waals surface area (Å²) in [6, 6.07) is 10.8. The number of hydrogen-bond acceptors (Lipinski definition) is 3. The largest absolute Gasteiger partial charge is 0.306 e. The molecule has 114 valence electrons. The number of nitrogens with zero attached hydrogens (tertiary/aromatic N) is 3. The fourth-order valence-corrected chi connectivity index (χ4v) is 3.20. The van der Waals surface area contributed by atoms with Crippen LogP contribution in [-0.2, 0) is 10.0 Å². The van der Waals surface area contributed by atoms with E-state index in [-0.39, 0.29) is 4.90 Å². The number of benzene rings is 1. The van der Waals surface area contributed by atoms with Gasteiger partial charge in [-0.25, -0.2) is 17.7 Å². The van der Waals surface area contributed by atoms with Gasteiger partial charge in [0.1, 0.15) is 5.65 Å². The summed E-state index contributed by atoms with van der Waals surface area (Å²) in [5.74, 6) is 0. The van der Waals surface area contributed by atoms with E-state index >= 15 is 0 Å². The summed E-state index contributed by atoms with van der Waals surface area (Å²) in [6.07, 6.45) is 3.89. The van der Waals surface area contributed by atoms with E-state index in [9.17, 15) is 8.42 Å². The SMILES string of the molecule is Cc1cccn2cc(-c3ccc(S(=O)(=O)N(C)C)cc3)nc12. The van der Waals surface area contributed by atoms with E-state index in [2.05, 4.69) is 4.98 Å². The van der Waals surface area contributed by atoms with Gasteiger partial charge in [0.25, 0.3) is 0 Å². The van der Waals surface area contributed by atoms with Gasteiger partial charge in [-0.15, -0.1) is 0 Å². The van der Waals surface area contributed by atoms with Gasteiger partial charge in [0.05, 0.1) is 10.6 Å². The van der Waals surface area contributed by atoms with Crippen LogP contribution in [0, 0.1) is 6.92 Å². The molecule has 22 heavy (non-hydrogen) atoms. The van der Waals surface area contributed by atoms with Gasteiger partial charge in [-0.1, -0.05) is 18.2 Å². The zero-order valence-corrected chi connectivity index (χ0v) is 13.5. The Hall–Kier alpha value is -2.18. The fourth-order valence-electron chi connectivity index (χ4n) is 2.30. The van der Waals surface area contributed by atoms with Crippen molar-refractivity contribution in [1.82, 2.24) is 13.7 Å². The van der Waals surface area contributed by atoms with Crippen LogP contribution in [0.25, 0.3) is 16.9 Å². The van der Waals surface area contributed by atoms with Crippen molar-refractivity contribution < 1.29 is 8.42 Å². The molecule has 0 fully saturated rings. The molecule has 5 nitrogen and oxygen atoms in total. The molecule has 6 heteroatoms. The Bertz CT molecular complexity index is 926. The third kappa shape index (κ3) is 2.40. The molecule has 0 saturated heterocycles. The second-order valence-electron chi connectivity index (χ2n) is 5.36. The van der Waals surface area contributed by atoms with E-state index in [1.165, 1.54) is 18.4 Å². The van der Waals surface area contributed by atoms with Gasteiger partial charge < -0.3 is 4.40 Å². The van der Waals surface area contributed by atoms with Crippen LogP contribution in [0.1, 0.15) is 5.56 Å². The van der Waals surface area contributed by atoms with Crippen LogP contribution in [0.3, 0.4) is 0 Å². The third-order valence-corrected chi connectivity index (χ3v) is 5.44. The molecule has 0 bridgehead atoms. The molecule has 2 heterocycles. The van der Waals surface area contributed by atoms with Crippen LogP contribution in [-0.4, -0.2) is 36.2 Å². The van der Waals surface area contributed by atoms with E-state index in [0.717, 1.165) is 22.5 Å². The van der Waals surface area contributed by atoms with Gasteiger partial charge in [0.15, 0.2) is 0 Å². The summed E-state index contributed by atoms with van der Waals surface area (Å²) in [6.45, 7) is 2.01. The molecule has 0 amide bonds. The minimum atomic E-state index is -3.40. The van der Waals surface area contributed by atoms with Gasteiger partial charge in [-0.3, -0.25) is 0 Å². The molecule has 0 unspecified atom stereocenters. The van der Waals surface area contributed by atoms with E-state index in [0.29, 0.717) is 0 Å². The summed E-state index contributed by atoms with van der Waals surface area (Å²) in [5.41, 5.74) is 3.71. The predicted molar refractivity (Wildman–Crippen MR) is 86.2 cm³/mol. The summed E-state index contributed by atoms with van der Waals surface area (Å²) in [7, 11) is -0.356. The minimum Gasteiger partial charge on any atom is -0.306 e. The van der Waals surface area contributed by atoms with Crippen molar-refractivity contribution in [2.24, 2.45) is 0 Å². The number of hydrogen-bond donors (Lipinski definition) is 0. The molecule has 0 spiro atoms. The lowest BCUT2D eigenvalue weighted by molar-refractivity contribution is 0.521. The summed E-state index contributed by atoms with van der Waals surface area (Å²) in [5, 5.41) is 0. The second kappa shape index (κ2) is 5.23. The van der Waals surface area contributed by atoms with Gasteiger partial charge in [-0.05, 0) is 30.7 Å². The highest BCUT2D eigenvalue weighted by molar-refractivity contribution is 7.89. The van der Waals surface area contributed by atoms with Crippen LogP contribution < -0.4 is 0 Å². The lowest BCUT2D eigenvalue weighted by atomic mass is 10.2. The number of fused-ring (bicyclic) bond motifs is 1. The van der Waals surface area contributed by atoms with Crippen molar-refractivity contribution in [3.8, 4) is 11.3 Å². The molecular formula is C16H17N3O2S. The van der Waals surface area contributed by atoms with E-state index in [1.807, 2.05) is 35.9 Å². The highest BCUT2D eigenvalue weighted by atomic mass is 32.2. The minimum absolute atomic E-state index is 0.279. The fraction of sp³-hybridized carbons (Fsp3) is 0.188. The zero-order chi connectivity index (χ0) is 15.9. The lowest BCUT2D eigenvalue weighted by Crippen LogP contribution is -2.22. The molecule has 0 aliphatic heterocycles. The second-order valence-corrected chi connectivity index (χ2v) is 7.51. The molecule has 0 aliphatic rings. The number of aryl methyl sites for hydroxylation is 1. The van der Waals surface area contributed by atoms with Crippen LogP contribution in [0.15, 0.2) is 53.7 Å². The highest BCUT2D eigenvalue weighted by Gasteiger charge is 2.17. The monoisotopic (exact) mass is 315 g/mol. The van der Waals surface area contributed by atoms with E-state index in [1.54, 1.807) is 24.3 Å². The standard InChI is InChI=1S/C16H17N3O2S/c1-12-5-4-10-19-11-15(17-16(12)19)13-6-8-14(9-7-13)22(20,21)18(2)3/h4-11H,1-3H3. The Balaban J connectivity index is 2.04. The predicted octanol–water partition coefficient (Wildman–Crippen LogP) is 2.56. The lowest BCUT2D eigenvalue weighted by Gasteiger charge is -2.11. The van der Waals surface area contributed by atoms with Gasteiger partial charge in [0, 0.05) is 32.1 Å². The molecule has 1 aromatic carbocycles. The summed E-state index contributed by atoms with van der Waals surface area (Å²) in [4.78, 5) is 4.89. The summed E-state index contributed by atoms with van der Waals surface area (Å²) < 4.78 is 27.3. The smallest absolute Gasteiger partial charge is 0.242 e. The van der Waals surface area contributed by atoms with Crippen molar-refractivity contribution >= 4 is 15.7 Å². The van der Waals surface area contributed by atoms with Crippen LogP contribution >= 0.6 is 0 Å². The van der Waals surface area contributed by atoms with Gasteiger partial charge >= 0.3 is 0 Å². The van der Waals surface area contributed by atoms with Gasteiger partial charge in [-0.2, -0.15) is 0 Å². The maximum absolute atomic E-state index is 12.1. The molecule has 0 radical (unpaired) electrons. The Kier molecular flexibility index (Phi) is 3.50. The molecule has 0 N–H and O–H groups in total. The van der Waals surface area contributed by atoms with Gasteiger partial charge in [0.2, 0.25) is 10.0 Å². The maximum atomic E-state index is 12.1. The quantitative estimate of drug-likeness (QED) is 0.746. The number of aromatic nitrogens is 2. The Morgan fingerprint density at radius 1 is 1.09 bits per heavy atom. The maximum Gasteiger partial charge on any atom is 0.242 e. The first-order chi connectivity index (χ1) is 10.4. The third-order valence-electron chi connectivity index (χ3n) is 3.61. The molecule has 0 aliphatic carbocycles. The van der Waals surface area contributed by atoms with Crippen LogP contribution in [0.4, 0.5) is 0 Å². The average Bonchev–Trinajstić information content (AvgIpc) is 2.93. The van der Waals surface area contributed by atoms with Crippen molar-refractivity contribution in [1.29, 1.82) is 0 Å². The van der Waals surface area contributed by atoms with Crippen LogP contribution in [0.5, 0.6) is 0 Å². The molecular weight excluding hydrogens is 298 g/mol. The highest BCUT2D eigenvalue weighted by Crippen LogP contribution is 2.23. The van der Waals surface area contributed by atoms with E-state index in [4.69, 9.17) is 0 Å². The average molecular weight is 315 g/mol. The van der Waals surface area contributed by atoms with Crippen molar-refractivity contribution in [3.63, 3.8) is 0 Å². The van der Waals surface area contributed by atoms with E-state index < -0.39 is 10.0 Å². The zero-order valence-electron chi connectivity index (χ0n) is 12.7. The number of sulfonamides is 1. The number of pyridine rings is 1. The number of rotatable bonds is 3. The topological polar surface area (TPSA) is 54.7 Å². The number of imidazole rings is 1. The molecule has 2 aromatic heterocycles. The van der Waals surface area contributed by atoms with Crippen molar-refractivity contribution in [2.75, 3.05) is 14.1 Å². The Morgan fingerprint density at radius 3 is 2.36 bits per heavy atom. The first-order valence-corrected chi connectivity index (χ1v) is 8.31. The molecule has 3 rings (SSSR count). The first kappa shape index (κ1) is 14.7. The Labute approximate surface area is 129 Å². The summed E-state index contributed by atoms with van der Waals surface area (Å²) >= 11 is 0. The van der Waals surface area contributed by atoms with Crippen molar-refractivity contribution in [3.05, 3.63) is 54.4 Å². The van der Waals surface area contributed by atoms with Crippen LogP contribution in [0.2, 0.25) is 0 Å². The normalized spacial score (nSPS) is 12.2. The Morgan fingerprint density at radius 2 is 1.77 bits per heavy atom. The molecule has 3 aromatic rings. The molecule has 0 atom stereocenters. The van der Waals surface area contributed by atoms with Crippen molar-refractivity contribution in [2.45, 2.75) is 11.8 Å².